The quantitative estimate of drug-likeness (QED) is 0.826. The smallest absolute Gasteiger partial charge is 0.340 e. The summed E-state index contributed by atoms with van der Waals surface area (Å²) in [6.07, 6.45) is 0. The number of hydrogen-bond donors (Lipinski definition) is 1. The van der Waals surface area contributed by atoms with E-state index in [-0.39, 0.29) is 23.8 Å². The fourth-order valence-electron chi connectivity index (χ4n) is 2.94. The molecule has 1 heterocycles. The minimum Gasteiger partial charge on any atom is -0.462 e. The Balaban J connectivity index is 2.60. The number of anilines is 1. The summed E-state index contributed by atoms with van der Waals surface area (Å²) in [6, 6.07) is 7.62. The number of nitrogens with two attached hydrogens (primary N) is 1. The Hall–Kier alpha value is -2.76. The summed E-state index contributed by atoms with van der Waals surface area (Å²) >= 11 is 0. The van der Waals surface area contributed by atoms with Crippen LogP contribution in [-0.4, -0.2) is 32.5 Å². The number of Topliss-reactive ketones (excluding diaryl/α,β-unsaturated/α-hetero) is 1. The highest BCUT2D eigenvalue weighted by Crippen LogP contribution is 2.40. The molecule has 6 heteroatoms. The lowest BCUT2D eigenvalue weighted by Crippen LogP contribution is -2.28. The van der Waals surface area contributed by atoms with Crippen LogP contribution in [0.25, 0.3) is 0 Å². The van der Waals surface area contributed by atoms with Crippen LogP contribution < -0.4 is 10.6 Å². The second kappa shape index (κ2) is 7.42. The molecule has 0 radical (unpaired) electrons. The highest BCUT2D eigenvalue weighted by molar-refractivity contribution is 6.01. The van der Waals surface area contributed by atoms with Gasteiger partial charge in [0.1, 0.15) is 11.3 Å². The van der Waals surface area contributed by atoms with E-state index in [1.807, 2.05) is 43.3 Å². The third kappa shape index (κ3) is 3.68. The van der Waals surface area contributed by atoms with Crippen molar-refractivity contribution in [3.8, 4) is 0 Å². The summed E-state index contributed by atoms with van der Waals surface area (Å²) < 4.78 is 10.6. The van der Waals surface area contributed by atoms with Gasteiger partial charge in [-0.1, -0.05) is 12.1 Å². The number of carbonyl (C=O) groups is 2. The van der Waals surface area contributed by atoms with E-state index in [4.69, 9.17) is 15.2 Å². The second-order valence-corrected chi connectivity index (χ2v) is 6.05. The summed E-state index contributed by atoms with van der Waals surface area (Å²) in [6.45, 7) is 5.05. The predicted octanol–water partition coefficient (Wildman–Crippen LogP) is 2.46. The van der Waals surface area contributed by atoms with Gasteiger partial charge >= 0.3 is 5.97 Å². The molecule has 0 aliphatic carbocycles. The van der Waals surface area contributed by atoms with Crippen molar-refractivity contribution in [3.05, 3.63) is 52.6 Å². The fraction of sp³-hybridized carbons (Fsp3) is 0.368. The van der Waals surface area contributed by atoms with E-state index in [1.54, 1.807) is 13.8 Å². The summed E-state index contributed by atoms with van der Waals surface area (Å²) in [4.78, 5) is 26.7. The first-order valence-electron chi connectivity index (χ1n) is 8.11. The number of benzene rings is 1. The molecule has 134 valence electrons. The van der Waals surface area contributed by atoms with Gasteiger partial charge in [-0.15, -0.1) is 0 Å². The summed E-state index contributed by atoms with van der Waals surface area (Å²) in [5.74, 6) is -0.981. The monoisotopic (exact) mass is 344 g/mol. The van der Waals surface area contributed by atoms with Gasteiger partial charge in [0, 0.05) is 25.4 Å². The van der Waals surface area contributed by atoms with Crippen molar-refractivity contribution in [2.45, 2.75) is 26.7 Å². The zero-order chi connectivity index (χ0) is 18.7. The topological polar surface area (TPSA) is 81.9 Å². The summed E-state index contributed by atoms with van der Waals surface area (Å²) in [7, 11) is 3.88. The Labute approximate surface area is 147 Å². The van der Waals surface area contributed by atoms with Gasteiger partial charge < -0.3 is 20.1 Å². The highest BCUT2D eigenvalue weighted by Gasteiger charge is 2.37. The van der Waals surface area contributed by atoms with E-state index in [0.29, 0.717) is 11.3 Å². The number of allylic oxidation sites excluding steroid dienone is 2. The lowest BCUT2D eigenvalue weighted by Gasteiger charge is -2.29. The maximum Gasteiger partial charge on any atom is 0.340 e. The van der Waals surface area contributed by atoms with Gasteiger partial charge in [-0.2, -0.15) is 0 Å². The van der Waals surface area contributed by atoms with Crippen LogP contribution in [0.3, 0.4) is 0 Å². The molecule has 0 aromatic heterocycles. The zero-order valence-electron chi connectivity index (χ0n) is 15.3. The maximum atomic E-state index is 12.5. The Morgan fingerprint density at radius 1 is 1.20 bits per heavy atom. The van der Waals surface area contributed by atoms with Crippen LogP contribution in [0.15, 0.2) is 47.1 Å². The molecule has 0 saturated heterocycles. The van der Waals surface area contributed by atoms with Crippen molar-refractivity contribution in [2.75, 3.05) is 25.6 Å². The number of carbonyl (C=O) groups excluding carboxylic acids is 2. The molecule has 6 nitrogen and oxygen atoms in total. The Morgan fingerprint density at radius 2 is 1.80 bits per heavy atom. The Bertz CT molecular complexity index is 745. The van der Waals surface area contributed by atoms with Crippen molar-refractivity contribution in [1.82, 2.24) is 0 Å². The van der Waals surface area contributed by atoms with Gasteiger partial charge in [0.25, 0.3) is 0 Å². The number of hydrogen-bond acceptors (Lipinski definition) is 6. The van der Waals surface area contributed by atoms with Gasteiger partial charge in [0.05, 0.1) is 12.5 Å². The molecule has 1 aromatic carbocycles. The van der Waals surface area contributed by atoms with Crippen LogP contribution in [0.4, 0.5) is 5.69 Å². The minimum absolute atomic E-state index is 0.0253. The molecule has 1 aromatic rings. The number of esters is 1. The standard InChI is InChI=1S/C19H24N2O4/c1-6-24-19(23)17-16(13-7-9-14(10-8-13)21(4)5)15(11(2)22)12(3)25-18(17)20/h7-10,16H,6,20H2,1-5H3/t16-/m1/s1. The van der Waals surface area contributed by atoms with E-state index in [9.17, 15) is 9.59 Å². The van der Waals surface area contributed by atoms with Gasteiger partial charge in [-0.3, -0.25) is 4.79 Å². The van der Waals surface area contributed by atoms with Crippen molar-refractivity contribution in [2.24, 2.45) is 5.73 Å². The predicted molar refractivity (Wildman–Crippen MR) is 95.8 cm³/mol. The van der Waals surface area contributed by atoms with Crippen molar-refractivity contribution < 1.29 is 19.1 Å². The van der Waals surface area contributed by atoms with Crippen molar-refractivity contribution in [3.63, 3.8) is 0 Å². The maximum absolute atomic E-state index is 12.5. The molecule has 0 bridgehead atoms. The molecule has 0 fully saturated rings. The summed E-state index contributed by atoms with van der Waals surface area (Å²) in [5.41, 5.74) is 8.34. The fourth-order valence-corrected chi connectivity index (χ4v) is 2.94. The van der Waals surface area contributed by atoms with Crippen LogP contribution in [0, 0.1) is 0 Å². The molecule has 1 atom stereocenters. The van der Waals surface area contributed by atoms with Crippen molar-refractivity contribution >= 4 is 17.4 Å². The van der Waals surface area contributed by atoms with E-state index in [2.05, 4.69) is 0 Å². The molecular formula is C19H24N2O4. The van der Waals surface area contributed by atoms with E-state index in [0.717, 1.165) is 11.3 Å². The lowest BCUT2D eigenvalue weighted by molar-refractivity contribution is -0.139. The number of rotatable bonds is 5. The van der Waals surface area contributed by atoms with Crippen LogP contribution >= 0.6 is 0 Å². The first kappa shape index (κ1) is 18.6. The van der Waals surface area contributed by atoms with E-state index in [1.165, 1.54) is 6.92 Å². The van der Waals surface area contributed by atoms with Crippen LogP contribution in [0.1, 0.15) is 32.3 Å². The average molecular weight is 344 g/mol. The highest BCUT2D eigenvalue weighted by atomic mass is 16.5. The molecule has 1 aliphatic rings. The molecule has 0 unspecified atom stereocenters. The Kier molecular flexibility index (Phi) is 5.51. The molecule has 1 aliphatic heterocycles. The third-order valence-electron chi connectivity index (χ3n) is 4.10. The average Bonchev–Trinajstić information content (AvgIpc) is 2.53. The molecule has 0 spiro atoms. The molecule has 2 N–H and O–H groups in total. The molecular weight excluding hydrogens is 320 g/mol. The van der Waals surface area contributed by atoms with Gasteiger partial charge in [-0.05, 0) is 38.5 Å². The number of ketones is 1. The Morgan fingerprint density at radius 3 is 2.28 bits per heavy atom. The molecule has 25 heavy (non-hydrogen) atoms. The van der Waals surface area contributed by atoms with E-state index < -0.39 is 11.9 Å². The molecule has 0 saturated carbocycles. The van der Waals surface area contributed by atoms with Gasteiger partial charge in [0.2, 0.25) is 5.88 Å². The zero-order valence-corrected chi connectivity index (χ0v) is 15.3. The largest absolute Gasteiger partial charge is 0.462 e. The van der Waals surface area contributed by atoms with Crippen LogP contribution in [0.2, 0.25) is 0 Å². The lowest BCUT2D eigenvalue weighted by atomic mass is 9.81. The molecule has 0 amide bonds. The third-order valence-corrected chi connectivity index (χ3v) is 4.10. The first-order chi connectivity index (χ1) is 11.8. The first-order valence-corrected chi connectivity index (χ1v) is 8.11. The van der Waals surface area contributed by atoms with Crippen LogP contribution in [-0.2, 0) is 19.1 Å². The second-order valence-electron chi connectivity index (χ2n) is 6.05. The van der Waals surface area contributed by atoms with Crippen molar-refractivity contribution in [1.29, 1.82) is 0 Å². The summed E-state index contributed by atoms with van der Waals surface area (Å²) in [5, 5.41) is 0. The SMILES string of the molecule is CCOC(=O)C1=C(N)OC(C)=C(C(C)=O)[C@H]1c1ccc(N(C)C)cc1. The molecule has 2 rings (SSSR count). The normalized spacial score (nSPS) is 17.2. The number of ether oxygens (including phenoxy) is 2. The minimum atomic E-state index is -0.610. The van der Waals surface area contributed by atoms with Gasteiger partial charge in [-0.25, -0.2) is 4.79 Å². The number of nitrogens with zero attached hydrogens (tertiary/aromatic N) is 1. The van der Waals surface area contributed by atoms with Gasteiger partial charge in [0.15, 0.2) is 5.78 Å². The van der Waals surface area contributed by atoms with E-state index >= 15 is 0 Å². The van der Waals surface area contributed by atoms with Crippen LogP contribution in [0.5, 0.6) is 0 Å².